The molecule has 128 valence electrons. The van der Waals surface area contributed by atoms with Crippen LogP contribution < -0.4 is 4.74 Å². The van der Waals surface area contributed by atoms with Crippen LogP contribution in [0.3, 0.4) is 0 Å². The van der Waals surface area contributed by atoms with E-state index in [1.54, 1.807) is 7.11 Å². The second kappa shape index (κ2) is 6.84. The molecule has 1 heterocycles. The van der Waals surface area contributed by atoms with E-state index >= 15 is 0 Å². The number of fused-ring (bicyclic) bond motifs is 1. The Kier molecular flexibility index (Phi) is 4.23. The number of ketones is 1. The van der Waals surface area contributed by atoms with Gasteiger partial charge in [-0.25, -0.2) is 0 Å². The topological polar surface area (TPSA) is 44.1 Å². The van der Waals surface area contributed by atoms with Gasteiger partial charge in [-0.15, -0.1) is 0 Å². The normalized spacial score (nSPS) is 10.8. The lowest BCUT2D eigenvalue weighted by Crippen LogP contribution is -2.06. The van der Waals surface area contributed by atoms with E-state index in [-0.39, 0.29) is 5.78 Å². The molecule has 4 rings (SSSR count). The molecular formula is C22H18N2O2. The average Bonchev–Trinajstić information content (AvgIpc) is 3.06. The Morgan fingerprint density at radius 3 is 2.35 bits per heavy atom. The molecule has 4 heteroatoms. The first kappa shape index (κ1) is 16.1. The van der Waals surface area contributed by atoms with Gasteiger partial charge in [-0.3, -0.25) is 9.48 Å². The minimum atomic E-state index is -0.0763. The summed E-state index contributed by atoms with van der Waals surface area (Å²) in [6, 6.07) is 25.0. The number of carbonyl (C=O) groups is 1. The summed E-state index contributed by atoms with van der Waals surface area (Å²) in [5.41, 5.74) is 3.10. The zero-order chi connectivity index (χ0) is 17.9. The molecule has 0 aliphatic rings. The molecule has 0 aliphatic heterocycles. The van der Waals surface area contributed by atoms with Crippen LogP contribution in [0.1, 0.15) is 21.6 Å². The number of rotatable bonds is 5. The molecule has 0 bridgehead atoms. The van der Waals surface area contributed by atoms with Crippen LogP contribution in [-0.2, 0) is 6.54 Å². The van der Waals surface area contributed by atoms with Crippen molar-refractivity contribution >= 4 is 16.7 Å². The molecule has 0 N–H and O–H groups in total. The van der Waals surface area contributed by atoms with Crippen LogP contribution >= 0.6 is 0 Å². The first-order valence-corrected chi connectivity index (χ1v) is 8.44. The third-order valence-electron chi connectivity index (χ3n) is 4.39. The third-order valence-corrected chi connectivity index (χ3v) is 4.39. The van der Waals surface area contributed by atoms with Gasteiger partial charge in [-0.2, -0.15) is 5.10 Å². The number of nitrogens with zero attached hydrogens (tertiary/aromatic N) is 2. The first-order valence-electron chi connectivity index (χ1n) is 8.44. The Labute approximate surface area is 151 Å². The molecular weight excluding hydrogens is 324 g/mol. The largest absolute Gasteiger partial charge is 0.497 e. The molecule has 0 aliphatic carbocycles. The van der Waals surface area contributed by atoms with E-state index in [0.29, 0.717) is 17.8 Å². The minimum Gasteiger partial charge on any atom is -0.497 e. The predicted octanol–water partition coefficient (Wildman–Crippen LogP) is 4.32. The van der Waals surface area contributed by atoms with Crippen LogP contribution in [-0.4, -0.2) is 22.7 Å². The smallest absolute Gasteiger partial charge is 0.213 e. The molecule has 0 amide bonds. The standard InChI is InChI=1S/C22H18N2O2/c1-26-18-12-13-19-20(14-18)24(15-16-8-4-2-5-9-16)23-21(19)22(25)17-10-6-3-7-11-17/h2-14H,15H2,1H3. The lowest BCUT2D eigenvalue weighted by molar-refractivity contribution is 0.103. The van der Waals surface area contributed by atoms with Crippen molar-refractivity contribution in [2.45, 2.75) is 6.54 Å². The molecule has 1 aromatic heterocycles. The summed E-state index contributed by atoms with van der Waals surface area (Å²) >= 11 is 0. The van der Waals surface area contributed by atoms with E-state index in [2.05, 4.69) is 5.10 Å². The van der Waals surface area contributed by atoms with Crippen molar-refractivity contribution in [3.63, 3.8) is 0 Å². The Morgan fingerprint density at radius 1 is 0.962 bits per heavy atom. The number of ether oxygens (including phenoxy) is 1. The van der Waals surface area contributed by atoms with E-state index in [4.69, 9.17) is 4.74 Å². The molecule has 4 aromatic rings. The second-order valence-corrected chi connectivity index (χ2v) is 6.07. The summed E-state index contributed by atoms with van der Waals surface area (Å²) in [6.07, 6.45) is 0. The monoisotopic (exact) mass is 342 g/mol. The van der Waals surface area contributed by atoms with Crippen molar-refractivity contribution < 1.29 is 9.53 Å². The highest BCUT2D eigenvalue weighted by molar-refractivity contribution is 6.15. The van der Waals surface area contributed by atoms with Crippen LogP contribution in [0.4, 0.5) is 0 Å². The molecule has 3 aromatic carbocycles. The molecule has 0 unspecified atom stereocenters. The van der Waals surface area contributed by atoms with Gasteiger partial charge in [-0.1, -0.05) is 60.7 Å². The molecule has 0 spiro atoms. The van der Waals surface area contributed by atoms with Gasteiger partial charge in [-0.05, 0) is 17.7 Å². The fourth-order valence-corrected chi connectivity index (χ4v) is 3.05. The van der Waals surface area contributed by atoms with Crippen molar-refractivity contribution in [2.75, 3.05) is 7.11 Å². The van der Waals surface area contributed by atoms with Gasteiger partial charge < -0.3 is 4.74 Å². The first-order chi connectivity index (χ1) is 12.8. The third kappa shape index (κ3) is 2.97. The fraction of sp³-hybridized carbons (Fsp3) is 0.0909. The quantitative estimate of drug-likeness (QED) is 0.507. The molecule has 0 radical (unpaired) electrons. The molecule has 4 nitrogen and oxygen atoms in total. The molecule has 0 saturated heterocycles. The van der Waals surface area contributed by atoms with Crippen LogP contribution in [0.25, 0.3) is 10.9 Å². The maximum Gasteiger partial charge on any atom is 0.213 e. The predicted molar refractivity (Wildman–Crippen MR) is 102 cm³/mol. The minimum absolute atomic E-state index is 0.0763. The highest BCUT2D eigenvalue weighted by Crippen LogP contribution is 2.26. The molecule has 0 saturated carbocycles. The number of aromatic nitrogens is 2. The summed E-state index contributed by atoms with van der Waals surface area (Å²) in [5.74, 6) is 0.665. The van der Waals surface area contributed by atoms with Crippen molar-refractivity contribution in [1.29, 1.82) is 0 Å². The Bertz CT molecular complexity index is 1050. The van der Waals surface area contributed by atoms with E-state index in [0.717, 1.165) is 22.2 Å². The summed E-state index contributed by atoms with van der Waals surface area (Å²) in [4.78, 5) is 13.0. The molecule has 0 fully saturated rings. The van der Waals surface area contributed by atoms with E-state index in [1.165, 1.54) is 0 Å². The highest BCUT2D eigenvalue weighted by Gasteiger charge is 2.19. The zero-order valence-electron chi connectivity index (χ0n) is 14.4. The lowest BCUT2D eigenvalue weighted by Gasteiger charge is -2.05. The van der Waals surface area contributed by atoms with E-state index < -0.39 is 0 Å². The van der Waals surface area contributed by atoms with Gasteiger partial charge in [0.15, 0.2) is 0 Å². The van der Waals surface area contributed by atoms with Gasteiger partial charge in [0.1, 0.15) is 11.4 Å². The van der Waals surface area contributed by atoms with Gasteiger partial charge in [0.2, 0.25) is 5.78 Å². The van der Waals surface area contributed by atoms with Gasteiger partial charge in [0.25, 0.3) is 0 Å². The Morgan fingerprint density at radius 2 is 1.65 bits per heavy atom. The molecule has 0 atom stereocenters. The van der Waals surface area contributed by atoms with Crippen LogP contribution in [0.5, 0.6) is 5.75 Å². The van der Waals surface area contributed by atoms with Gasteiger partial charge >= 0.3 is 0 Å². The second-order valence-electron chi connectivity index (χ2n) is 6.07. The van der Waals surface area contributed by atoms with Crippen molar-refractivity contribution in [3.8, 4) is 5.75 Å². The van der Waals surface area contributed by atoms with Gasteiger partial charge in [0.05, 0.1) is 19.2 Å². The highest BCUT2D eigenvalue weighted by atomic mass is 16.5. The Balaban J connectivity index is 1.84. The number of methoxy groups -OCH3 is 1. The average molecular weight is 342 g/mol. The number of benzene rings is 3. The van der Waals surface area contributed by atoms with Gasteiger partial charge in [0, 0.05) is 17.0 Å². The summed E-state index contributed by atoms with van der Waals surface area (Å²) in [7, 11) is 1.63. The number of carbonyl (C=O) groups excluding carboxylic acids is 1. The maximum atomic E-state index is 13.0. The Hall–Kier alpha value is -3.40. The van der Waals surface area contributed by atoms with Crippen LogP contribution in [0.2, 0.25) is 0 Å². The fourth-order valence-electron chi connectivity index (χ4n) is 3.05. The summed E-state index contributed by atoms with van der Waals surface area (Å²) < 4.78 is 7.22. The summed E-state index contributed by atoms with van der Waals surface area (Å²) in [6.45, 7) is 0.590. The van der Waals surface area contributed by atoms with Crippen molar-refractivity contribution in [3.05, 3.63) is 95.7 Å². The van der Waals surface area contributed by atoms with Crippen LogP contribution in [0.15, 0.2) is 78.9 Å². The zero-order valence-corrected chi connectivity index (χ0v) is 14.4. The summed E-state index contributed by atoms with van der Waals surface area (Å²) in [5, 5.41) is 5.48. The maximum absolute atomic E-state index is 13.0. The van der Waals surface area contributed by atoms with E-state index in [1.807, 2.05) is 83.5 Å². The van der Waals surface area contributed by atoms with Crippen molar-refractivity contribution in [2.24, 2.45) is 0 Å². The SMILES string of the molecule is COc1ccc2c(C(=O)c3ccccc3)nn(Cc3ccccc3)c2c1. The lowest BCUT2D eigenvalue weighted by atomic mass is 10.1. The molecule has 26 heavy (non-hydrogen) atoms. The van der Waals surface area contributed by atoms with Crippen molar-refractivity contribution in [1.82, 2.24) is 9.78 Å². The van der Waals surface area contributed by atoms with Crippen LogP contribution in [0, 0.1) is 0 Å². The van der Waals surface area contributed by atoms with E-state index in [9.17, 15) is 4.79 Å². The number of hydrogen-bond donors (Lipinski definition) is 0. The number of hydrogen-bond acceptors (Lipinski definition) is 3.